The van der Waals surface area contributed by atoms with Crippen LogP contribution in [0.4, 0.5) is 5.69 Å². The predicted octanol–water partition coefficient (Wildman–Crippen LogP) is 4.47. The van der Waals surface area contributed by atoms with Gasteiger partial charge in [0, 0.05) is 14.6 Å². The molecule has 0 saturated carbocycles. The number of amides is 1. The molecule has 0 fully saturated rings. The molecule has 0 bridgehead atoms. The number of aromatic carboxylic acids is 1. The zero-order chi connectivity index (χ0) is 15.6. The molecule has 0 radical (unpaired) electrons. The fourth-order valence-electron chi connectivity index (χ4n) is 1.75. The van der Waals surface area contributed by atoms with Gasteiger partial charge in [-0.2, -0.15) is 0 Å². The fourth-order valence-corrected chi connectivity index (χ4v) is 2.98. The van der Waals surface area contributed by atoms with Crippen molar-refractivity contribution in [3.8, 4) is 0 Å². The zero-order valence-corrected chi connectivity index (χ0v) is 14.2. The highest BCUT2D eigenvalue weighted by Crippen LogP contribution is 2.24. The summed E-state index contributed by atoms with van der Waals surface area (Å²) in [5.41, 5.74) is 1.88. The molecule has 108 valence electrons. The van der Waals surface area contributed by atoms with Crippen LogP contribution in [0.1, 0.15) is 26.3 Å². The molecule has 0 aliphatic heterocycles. The Balaban J connectivity index is 2.31. The molecular formula is C15H11Br2NO3. The van der Waals surface area contributed by atoms with E-state index in [1.54, 1.807) is 31.2 Å². The molecule has 0 heterocycles. The summed E-state index contributed by atoms with van der Waals surface area (Å²) in [5, 5.41) is 11.7. The molecule has 2 rings (SSSR count). The van der Waals surface area contributed by atoms with Gasteiger partial charge in [0.05, 0.1) is 11.1 Å². The summed E-state index contributed by atoms with van der Waals surface area (Å²) in [6, 6.07) is 9.83. The number of benzene rings is 2. The third kappa shape index (κ3) is 3.71. The highest BCUT2D eigenvalue weighted by molar-refractivity contribution is 9.11. The second kappa shape index (κ2) is 6.41. The lowest BCUT2D eigenvalue weighted by Gasteiger charge is -2.10. The van der Waals surface area contributed by atoms with Gasteiger partial charge in [0.15, 0.2) is 0 Å². The molecule has 0 unspecified atom stereocenters. The number of hydrogen-bond acceptors (Lipinski definition) is 2. The topological polar surface area (TPSA) is 66.4 Å². The standard InChI is InChI=1S/C15H11Br2NO3/c1-8-2-3-9(15(20)21)6-13(8)18-14(19)11-5-4-10(16)7-12(11)17/h2-7H,1H3,(H,18,19)(H,20,21). The Morgan fingerprint density at radius 2 is 1.81 bits per heavy atom. The van der Waals surface area contributed by atoms with Crippen LogP contribution in [0, 0.1) is 6.92 Å². The average Bonchev–Trinajstić information content (AvgIpc) is 2.40. The molecule has 0 saturated heterocycles. The van der Waals surface area contributed by atoms with Gasteiger partial charge in [-0.05, 0) is 58.7 Å². The van der Waals surface area contributed by atoms with Crippen molar-refractivity contribution < 1.29 is 14.7 Å². The number of aryl methyl sites for hydroxylation is 1. The van der Waals surface area contributed by atoms with Crippen LogP contribution >= 0.6 is 31.9 Å². The lowest BCUT2D eigenvalue weighted by atomic mass is 10.1. The Morgan fingerprint density at radius 1 is 1.10 bits per heavy atom. The average molecular weight is 413 g/mol. The van der Waals surface area contributed by atoms with E-state index in [2.05, 4.69) is 37.2 Å². The molecule has 0 aromatic heterocycles. The molecule has 21 heavy (non-hydrogen) atoms. The fraction of sp³-hybridized carbons (Fsp3) is 0.0667. The van der Waals surface area contributed by atoms with Crippen molar-refractivity contribution in [3.05, 3.63) is 62.0 Å². The van der Waals surface area contributed by atoms with E-state index in [4.69, 9.17) is 5.11 Å². The molecule has 4 nitrogen and oxygen atoms in total. The number of carboxylic acid groups (broad SMARTS) is 1. The van der Waals surface area contributed by atoms with Crippen molar-refractivity contribution >= 4 is 49.4 Å². The first kappa shape index (κ1) is 15.7. The maximum atomic E-state index is 12.3. The third-order valence-corrected chi connectivity index (χ3v) is 4.06. The van der Waals surface area contributed by atoms with Crippen molar-refractivity contribution in [2.45, 2.75) is 6.92 Å². The molecule has 2 N–H and O–H groups in total. The van der Waals surface area contributed by atoms with Crippen LogP contribution in [0.3, 0.4) is 0 Å². The molecule has 2 aromatic rings. The van der Waals surface area contributed by atoms with Crippen molar-refractivity contribution in [1.29, 1.82) is 0 Å². The van der Waals surface area contributed by atoms with Gasteiger partial charge in [-0.1, -0.05) is 22.0 Å². The lowest BCUT2D eigenvalue weighted by Crippen LogP contribution is -2.14. The van der Waals surface area contributed by atoms with Gasteiger partial charge in [-0.25, -0.2) is 4.79 Å². The summed E-state index contributed by atoms with van der Waals surface area (Å²) in [7, 11) is 0. The Labute approximate surface area is 138 Å². The minimum atomic E-state index is -1.03. The van der Waals surface area contributed by atoms with E-state index in [0.717, 1.165) is 10.0 Å². The van der Waals surface area contributed by atoms with E-state index < -0.39 is 5.97 Å². The number of carboxylic acids is 1. The number of hydrogen-bond donors (Lipinski definition) is 2. The number of nitrogens with one attached hydrogen (secondary N) is 1. The minimum Gasteiger partial charge on any atom is -0.478 e. The first-order valence-electron chi connectivity index (χ1n) is 5.99. The number of halogens is 2. The minimum absolute atomic E-state index is 0.130. The van der Waals surface area contributed by atoms with Gasteiger partial charge in [0.1, 0.15) is 0 Å². The Hall–Kier alpha value is -1.66. The van der Waals surface area contributed by atoms with Crippen LogP contribution in [0.5, 0.6) is 0 Å². The molecular weight excluding hydrogens is 402 g/mol. The molecule has 1 amide bonds. The Kier molecular flexibility index (Phi) is 4.80. The van der Waals surface area contributed by atoms with Crippen LogP contribution in [0.25, 0.3) is 0 Å². The number of carbonyl (C=O) groups excluding carboxylic acids is 1. The predicted molar refractivity (Wildman–Crippen MR) is 87.9 cm³/mol. The Morgan fingerprint density at radius 3 is 2.43 bits per heavy atom. The first-order valence-corrected chi connectivity index (χ1v) is 7.57. The smallest absolute Gasteiger partial charge is 0.335 e. The van der Waals surface area contributed by atoms with E-state index in [0.29, 0.717) is 15.7 Å². The van der Waals surface area contributed by atoms with Crippen molar-refractivity contribution in [1.82, 2.24) is 0 Å². The summed E-state index contributed by atoms with van der Waals surface area (Å²) < 4.78 is 1.51. The van der Waals surface area contributed by atoms with Crippen LogP contribution in [0.15, 0.2) is 45.3 Å². The van der Waals surface area contributed by atoms with Crippen molar-refractivity contribution in [2.24, 2.45) is 0 Å². The quantitative estimate of drug-likeness (QED) is 0.781. The third-order valence-electron chi connectivity index (χ3n) is 2.91. The maximum Gasteiger partial charge on any atom is 0.335 e. The second-order valence-corrected chi connectivity index (χ2v) is 6.18. The summed E-state index contributed by atoms with van der Waals surface area (Å²) in [5.74, 6) is -1.34. The zero-order valence-electron chi connectivity index (χ0n) is 11.0. The highest BCUT2D eigenvalue weighted by Gasteiger charge is 2.13. The van der Waals surface area contributed by atoms with Gasteiger partial charge >= 0.3 is 5.97 Å². The molecule has 0 atom stereocenters. The molecule has 0 spiro atoms. The summed E-state index contributed by atoms with van der Waals surface area (Å²) in [6.45, 7) is 1.80. The Bertz CT molecular complexity index is 729. The van der Waals surface area contributed by atoms with Crippen LogP contribution in [0.2, 0.25) is 0 Å². The highest BCUT2D eigenvalue weighted by atomic mass is 79.9. The number of carbonyl (C=O) groups is 2. The van der Waals surface area contributed by atoms with E-state index in [-0.39, 0.29) is 11.5 Å². The molecule has 6 heteroatoms. The van der Waals surface area contributed by atoms with E-state index in [9.17, 15) is 9.59 Å². The number of anilines is 1. The van der Waals surface area contributed by atoms with Crippen LogP contribution in [-0.4, -0.2) is 17.0 Å². The molecule has 0 aliphatic rings. The van der Waals surface area contributed by atoms with Gasteiger partial charge < -0.3 is 10.4 Å². The molecule has 2 aromatic carbocycles. The maximum absolute atomic E-state index is 12.3. The summed E-state index contributed by atoms with van der Waals surface area (Å²) in [6.07, 6.45) is 0. The van der Waals surface area contributed by atoms with E-state index >= 15 is 0 Å². The van der Waals surface area contributed by atoms with Gasteiger partial charge in [-0.3, -0.25) is 4.79 Å². The lowest BCUT2D eigenvalue weighted by molar-refractivity contribution is 0.0696. The van der Waals surface area contributed by atoms with E-state index in [1.165, 1.54) is 12.1 Å². The van der Waals surface area contributed by atoms with Crippen molar-refractivity contribution in [2.75, 3.05) is 5.32 Å². The van der Waals surface area contributed by atoms with Gasteiger partial charge in [0.25, 0.3) is 5.91 Å². The van der Waals surface area contributed by atoms with Crippen LogP contribution in [-0.2, 0) is 0 Å². The summed E-state index contributed by atoms with van der Waals surface area (Å²) >= 11 is 6.65. The molecule has 0 aliphatic carbocycles. The van der Waals surface area contributed by atoms with Gasteiger partial charge in [-0.15, -0.1) is 0 Å². The second-order valence-electron chi connectivity index (χ2n) is 4.41. The largest absolute Gasteiger partial charge is 0.478 e. The van der Waals surface area contributed by atoms with Gasteiger partial charge in [0.2, 0.25) is 0 Å². The first-order chi connectivity index (χ1) is 9.88. The summed E-state index contributed by atoms with van der Waals surface area (Å²) in [4.78, 5) is 23.3. The normalized spacial score (nSPS) is 10.2. The monoisotopic (exact) mass is 411 g/mol. The SMILES string of the molecule is Cc1ccc(C(=O)O)cc1NC(=O)c1ccc(Br)cc1Br. The van der Waals surface area contributed by atoms with Crippen molar-refractivity contribution in [3.63, 3.8) is 0 Å². The van der Waals surface area contributed by atoms with E-state index in [1.807, 2.05) is 0 Å². The van der Waals surface area contributed by atoms with Crippen LogP contribution < -0.4 is 5.32 Å². The number of rotatable bonds is 3.